The average Bonchev–Trinajstić information content (AvgIpc) is 2.97. The summed E-state index contributed by atoms with van der Waals surface area (Å²) in [5, 5.41) is 7.16. The number of morpholine rings is 1. The number of carbonyl (C=O) groups excluding carboxylic acids is 1. The molecule has 0 atom stereocenters. The number of nitrogens with one attached hydrogen (secondary N) is 1. The number of hydrogen-bond donors (Lipinski definition) is 1. The van der Waals surface area contributed by atoms with Crippen molar-refractivity contribution in [3.05, 3.63) is 23.0 Å². The summed E-state index contributed by atoms with van der Waals surface area (Å²) in [5.41, 5.74) is 0.553. The van der Waals surface area contributed by atoms with E-state index in [4.69, 9.17) is 16.3 Å². The minimum atomic E-state index is -2.69. The Morgan fingerprint density at radius 3 is 2.72 bits per heavy atom. The first-order valence-electron chi connectivity index (χ1n) is 7.99. The molecule has 7 nitrogen and oxygen atoms in total. The molecule has 1 amide bonds. The Bertz CT molecular complexity index is 814. The van der Waals surface area contributed by atoms with Crippen LogP contribution < -0.4 is 10.2 Å². The number of alkyl halides is 2. The van der Waals surface area contributed by atoms with Gasteiger partial charge in [-0.3, -0.25) is 4.79 Å². The van der Waals surface area contributed by atoms with E-state index in [1.807, 2.05) is 4.90 Å². The van der Waals surface area contributed by atoms with Crippen molar-refractivity contribution in [1.29, 1.82) is 0 Å². The van der Waals surface area contributed by atoms with Crippen LogP contribution in [0.15, 0.2) is 12.1 Å². The van der Waals surface area contributed by atoms with Crippen LogP contribution in [0.25, 0.3) is 5.65 Å². The van der Waals surface area contributed by atoms with Gasteiger partial charge in [0.2, 0.25) is 0 Å². The van der Waals surface area contributed by atoms with Crippen LogP contribution in [0.2, 0.25) is 5.15 Å². The first kappa shape index (κ1) is 16.5. The fourth-order valence-electron chi connectivity index (χ4n) is 3.08. The summed E-state index contributed by atoms with van der Waals surface area (Å²) in [6.07, 6.45) is -0.676. The zero-order valence-electron chi connectivity index (χ0n) is 13.2. The predicted molar refractivity (Wildman–Crippen MR) is 86.5 cm³/mol. The van der Waals surface area contributed by atoms with Gasteiger partial charge in [0.1, 0.15) is 11.0 Å². The number of ether oxygens (including phenoxy) is 1. The van der Waals surface area contributed by atoms with Gasteiger partial charge in [-0.2, -0.15) is 9.61 Å². The molecule has 2 aliphatic rings. The van der Waals surface area contributed by atoms with Crippen LogP contribution in [0.4, 0.5) is 14.6 Å². The fourth-order valence-corrected chi connectivity index (χ4v) is 3.26. The quantitative estimate of drug-likeness (QED) is 0.832. The van der Waals surface area contributed by atoms with Crippen LogP contribution in [0.1, 0.15) is 23.3 Å². The Morgan fingerprint density at radius 2 is 2.04 bits per heavy atom. The van der Waals surface area contributed by atoms with Gasteiger partial charge in [0, 0.05) is 44.1 Å². The number of halogens is 3. The lowest BCUT2D eigenvalue weighted by Crippen LogP contribution is -2.50. The predicted octanol–water partition coefficient (Wildman–Crippen LogP) is 1.75. The summed E-state index contributed by atoms with van der Waals surface area (Å²) in [7, 11) is 0. The molecule has 0 unspecified atom stereocenters. The smallest absolute Gasteiger partial charge is 0.272 e. The van der Waals surface area contributed by atoms with Crippen LogP contribution in [0.5, 0.6) is 0 Å². The molecule has 1 saturated heterocycles. The first-order valence-corrected chi connectivity index (χ1v) is 8.37. The summed E-state index contributed by atoms with van der Waals surface area (Å²) >= 11 is 6.09. The molecule has 25 heavy (non-hydrogen) atoms. The standard InChI is InChI=1S/C15H16ClF2N5O2/c16-11-6-13(22-1-3-25-4-2-22)23-12(20-11)5-10(21-23)14(24)19-9-7-15(17,18)8-9/h5-6,9H,1-4,7-8H2,(H,19,24). The van der Waals surface area contributed by atoms with Crippen LogP contribution in [-0.2, 0) is 4.74 Å². The number of nitrogens with zero attached hydrogens (tertiary/aromatic N) is 4. The molecule has 134 valence electrons. The van der Waals surface area contributed by atoms with E-state index in [1.54, 1.807) is 10.6 Å². The number of amides is 1. The topological polar surface area (TPSA) is 71.8 Å². The lowest BCUT2D eigenvalue weighted by molar-refractivity contribution is -0.0901. The molecule has 1 aliphatic carbocycles. The van der Waals surface area contributed by atoms with Gasteiger partial charge < -0.3 is 15.0 Å². The second-order valence-corrected chi connectivity index (χ2v) is 6.66. The van der Waals surface area contributed by atoms with Gasteiger partial charge in [0.25, 0.3) is 11.8 Å². The molecule has 0 radical (unpaired) electrons. The van der Waals surface area contributed by atoms with E-state index in [9.17, 15) is 13.6 Å². The molecule has 10 heteroatoms. The van der Waals surface area contributed by atoms with E-state index >= 15 is 0 Å². The maximum Gasteiger partial charge on any atom is 0.272 e. The van der Waals surface area contributed by atoms with E-state index in [1.165, 1.54) is 6.07 Å². The lowest BCUT2D eigenvalue weighted by Gasteiger charge is -2.35. The number of aromatic nitrogens is 3. The molecule has 0 spiro atoms. The Labute approximate surface area is 146 Å². The monoisotopic (exact) mass is 371 g/mol. The van der Waals surface area contributed by atoms with Crippen molar-refractivity contribution < 1.29 is 18.3 Å². The summed E-state index contributed by atoms with van der Waals surface area (Å²) < 4.78 is 32.7. The summed E-state index contributed by atoms with van der Waals surface area (Å²) in [5.74, 6) is -2.46. The van der Waals surface area contributed by atoms with Gasteiger partial charge in [-0.05, 0) is 0 Å². The maximum absolute atomic E-state index is 12.9. The Morgan fingerprint density at radius 1 is 1.32 bits per heavy atom. The van der Waals surface area contributed by atoms with Crippen molar-refractivity contribution in [1.82, 2.24) is 19.9 Å². The summed E-state index contributed by atoms with van der Waals surface area (Å²) in [6.45, 7) is 2.53. The van der Waals surface area contributed by atoms with Crippen LogP contribution in [-0.4, -0.2) is 58.8 Å². The highest BCUT2D eigenvalue weighted by molar-refractivity contribution is 6.29. The highest BCUT2D eigenvalue weighted by Gasteiger charge is 2.46. The van der Waals surface area contributed by atoms with Crippen LogP contribution in [0, 0.1) is 0 Å². The minimum Gasteiger partial charge on any atom is -0.378 e. The SMILES string of the molecule is O=C(NC1CC(F)(F)C1)c1cc2nc(Cl)cc(N3CCOCC3)n2n1. The molecule has 2 aromatic rings. The van der Waals surface area contributed by atoms with Gasteiger partial charge in [0.05, 0.1) is 13.2 Å². The van der Waals surface area contributed by atoms with E-state index in [0.717, 1.165) is 0 Å². The highest BCUT2D eigenvalue weighted by atomic mass is 35.5. The average molecular weight is 372 g/mol. The Hall–Kier alpha value is -2.00. The zero-order chi connectivity index (χ0) is 17.6. The normalized spacial score (nSPS) is 20.5. The molecule has 2 aromatic heterocycles. The van der Waals surface area contributed by atoms with Crippen molar-refractivity contribution in [3.8, 4) is 0 Å². The minimum absolute atomic E-state index is 0.125. The van der Waals surface area contributed by atoms with Crippen molar-refractivity contribution in [3.63, 3.8) is 0 Å². The van der Waals surface area contributed by atoms with Crippen molar-refractivity contribution >= 4 is 29.0 Å². The number of carbonyl (C=O) groups is 1. The number of fused-ring (bicyclic) bond motifs is 1. The fraction of sp³-hybridized carbons (Fsp3) is 0.533. The molecule has 0 aromatic carbocycles. The second kappa shape index (κ2) is 6.06. The van der Waals surface area contributed by atoms with Gasteiger partial charge in [0.15, 0.2) is 11.3 Å². The van der Waals surface area contributed by atoms with E-state index in [-0.39, 0.29) is 18.5 Å². The van der Waals surface area contributed by atoms with Gasteiger partial charge in [-0.25, -0.2) is 13.8 Å². The third-order valence-electron chi connectivity index (χ3n) is 4.37. The molecule has 0 bridgehead atoms. The zero-order valence-corrected chi connectivity index (χ0v) is 14.0. The number of anilines is 1. The van der Waals surface area contributed by atoms with E-state index < -0.39 is 17.9 Å². The first-order chi connectivity index (χ1) is 11.9. The molecule has 1 N–H and O–H groups in total. The van der Waals surface area contributed by atoms with Crippen LogP contribution >= 0.6 is 11.6 Å². The molecule has 4 rings (SSSR count). The molecule has 3 heterocycles. The number of rotatable bonds is 3. The van der Waals surface area contributed by atoms with Gasteiger partial charge in [-0.15, -0.1) is 0 Å². The van der Waals surface area contributed by atoms with E-state index in [2.05, 4.69) is 15.4 Å². The number of hydrogen-bond acceptors (Lipinski definition) is 5. The molecular formula is C15H16ClF2N5O2. The Kier molecular flexibility index (Phi) is 3.99. The maximum atomic E-state index is 12.9. The Balaban J connectivity index is 1.60. The van der Waals surface area contributed by atoms with E-state index in [0.29, 0.717) is 42.9 Å². The van der Waals surface area contributed by atoms with Gasteiger partial charge >= 0.3 is 0 Å². The van der Waals surface area contributed by atoms with Crippen LogP contribution in [0.3, 0.4) is 0 Å². The van der Waals surface area contributed by atoms with Crippen molar-refractivity contribution in [2.45, 2.75) is 24.8 Å². The molecule has 2 fully saturated rings. The second-order valence-electron chi connectivity index (χ2n) is 6.27. The molecule has 1 saturated carbocycles. The summed E-state index contributed by atoms with van der Waals surface area (Å²) in [6, 6.07) is 2.66. The van der Waals surface area contributed by atoms with Gasteiger partial charge in [-0.1, -0.05) is 11.6 Å². The van der Waals surface area contributed by atoms with Crippen molar-refractivity contribution in [2.75, 3.05) is 31.2 Å². The highest BCUT2D eigenvalue weighted by Crippen LogP contribution is 2.37. The molecular weight excluding hydrogens is 356 g/mol. The lowest BCUT2D eigenvalue weighted by atomic mass is 9.88. The molecule has 1 aliphatic heterocycles. The van der Waals surface area contributed by atoms with Crippen molar-refractivity contribution in [2.24, 2.45) is 0 Å². The third kappa shape index (κ3) is 3.25. The largest absolute Gasteiger partial charge is 0.378 e. The summed E-state index contributed by atoms with van der Waals surface area (Å²) in [4.78, 5) is 18.5. The third-order valence-corrected chi connectivity index (χ3v) is 4.56.